The monoisotopic (exact) mass is 474 g/mol. The number of hydrogen-bond donors (Lipinski definition) is 2. The molecular weight excluding hydrogens is 444 g/mol. The zero-order chi connectivity index (χ0) is 25.2. The van der Waals surface area contributed by atoms with Crippen LogP contribution in [0.2, 0.25) is 0 Å². The molecule has 2 unspecified atom stereocenters. The maximum Gasteiger partial charge on any atom is 0.326 e. The Kier molecular flexibility index (Phi) is 5.90. The number of carbonyl (C=O) groups is 6. The molecule has 2 heterocycles. The van der Waals surface area contributed by atoms with Crippen LogP contribution >= 0.6 is 0 Å². The Balaban J connectivity index is 1.70. The second-order valence-electron chi connectivity index (χ2n) is 10.7. The number of likely N-dealkylation sites (tertiary alicyclic amines) is 2. The van der Waals surface area contributed by atoms with E-state index in [0.717, 1.165) is 9.80 Å². The molecule has 8 atom stereocenters. The van der Waals surface area contributed by atoms with Crippen LogP contribution in [0.4, 0.5) is 0 Å². The second-order valence-corrected chi connectivity index (χ2v) is 10.7. The van der Waals surface area contributed by atoms with Crippen LogP contribution in [0.25, 0.3) is 0 Å². The van der Waals surface area contributed by atoms with Crippen molar-refractivity contribution in [3.05, 3.63) is 12.2 Å². The molecule has 1 saturated carbocycles. The Morgan fingerprint density at radius 3 is 1.15 bits per heavy atom. The van der Waals surface area contributed by atoms with Gasteiger partial charge in [-0.1, -0.05) is 39.8 Å². The van der Waals surface area contributed by atoms with E-state index in [2.05, 4.69) is 0 Å². The van der Waals surface area contributed by atoms with Gasteiger partial charge in [0.15, 0.2) is 0 Å². The number of rotatable bonds is 8. The first kappa shape index (κ1) is 24.1. The van der Waals surface area contributed by atoms with Crippen molar-refractivity contribution in [2.75, 3.05) is 0 Å². The van der Waals surface area contributed by atoms with Gasteiger partial charge < -0.3 is 10.2 Å². The molecule has 10 nitrogen and oxygen atoms in total. The highest BCUT2D eigenvalue weighted by atomic mass is 16.4. The standard InChI is InChI=1S/C24H30N2O8/c1-9(2)7-13(23(31)32)25-19(27)15-11-5-6-12(16(15)20(25)28)18-17(11)21(29)26(22(18)30)14(24(33)34)8-10(3)4/h5-6,9-18H,7-8H2,1-4H3,(H,31,32)(H,33,34)/t11?,12?,13-,14-,15-,16+,17+,18+/m0/s1. The number of imide groups is 2. The molecule has 4 amide bonds. The lowest BCUT2D eigenvalue weighted by atomic mass is 9.54. The molecule has 3 aliphatic carbocycles. The fraction of sp³-hybridized carbons (Fsp3) is 0.667. The predicted molar refractivity (Wildman–Crippen MR) is 116 cm³/mol. The Hall–Kier alpha value is -3.04. The van der Waals surface area contributed by atoms with Crippen molar-refractivity contribution >= 4 is 35.6 Å². The van der Waals surface area contributed by atoms with Crippen LogP contribution in [0, 0.1) is 47.3 Å². The smallest absolute Gasteiger partial charge is 0.326 e. The van der Waals surface area contributed by atoms with Gasteiger partial charge in [-0.2, -0.15) is 0 Å². The van der Waals surface area contributed by atoms with Gasteiger partial charge in [0.2, 0.25) is 23.6 Å². The van der Waals surface area contributed by atoms with Gasteiger partial charge in [-0.05, 0) is 24.7 Å². The third-order valence-corrected chi connectivity index (χ3v) is 7.66. The van der Waals surface area contributed by atoms with Crippen molar-refractivity contribution in [1.29, 1.82) is 0 Å². The van der Waals surface area contributed by atoms with E-state index in [9.17, 15) is 39.0 Å². The summed E-state index contributed by atoms with van der Waals surface area (Å²) < 4.78 is 0. The third kappa shape index (κ3) is 3.37. The number of aliphatic carboxylic acids is 2. The number of carboxylic acids is 2. The largest absolute Gasteiger partial charge is 0.480 e. The van der Waals surface area contributed by atoms with Crippen molar-refractivity contribution in [3.8, 4) is 0 Å². The summed E-state index contributed by atoms with van der Waals surface area (Å²) in [5.41, 5.74) is 0. The molecule has 0 spiro atoms. The van der Waals surface area contributed by atoms with Crippen LogP contribution < -0.4 is 0 Å². The van der Waals surface area contributed by atoms with E-state index in [0.29, 0.717) is 0 Å². The highest BCUT2D eigenvalue weighted by Crippen LogP contribution is 2.58. The van der Waals surface area contributed by atoms with E-state index < -0.39 is 83.2 Å². The molecule has 5 aliphatic rings. The summed E-state index contributed by atoms with van der Waals surface area (Å²) in [4.78, 5) is 79.2. The van der Waals surface area contributed by atoms with Crippen LogP contribution in [-0.2, 0) is 28.8 Å². The van der Waals surface area contributed by atoms with E-state index in [1.165, 1.54) is 0 Å². The first-order valence-electron chi connectivity index (χ1n) is 11.8. The minimum absolute atomic E-state index is 0.0795. The molecule has 184 valence electrons. The van der Waals surface area contributed by atoms with Gasteiger partial charge >= 0.3 is 11.9 Å². The van der Waals surface area contributed by atoms with Crippen molar-refractivity contribution in [2.24, 2.45) is 47.3 Å². The third-order valence-electron chi connectivity index (χ3n) is 7.66. The highest BCUT2D eigenvalue weighted by Gasteiger charge is 2.70. The molecular formula is C24H30N2O8. The van der Waals surface area contributed by atoms with Crippen LogP contribution in [0.15, 0.2) is 12.2 Å². The maximum absolute atomic E-state index is 13.4. The van der Waals surface area contributed by atoms with E-state index in [-0.39, 0.29) is 24.7 Å². The molecule has 10 heteroatoms. The normalized spacial score (nSPS) is 33.7. The molecule has 34 heavy (non-hydrogen) atoms. The van der Waals surface area contributed by atoms with E-state index in [1.54, 1.807) is 39.8 Å². The SMILES string of the molecule is CC(C)C[C@@H](C(=O)O)N1C(=O)[C@@H]2C3C=CC([C@H]2C1=O)[C@@H]1C(=O)N([C@@H](CC(C)C)C(=O)O)C(=O)[C@H]31. The first-order valence-corrected chi connectivity index (χ1v) is 11.8. The minimum Gasteiger partial charge on any atom is -0.480 e. The highest BCUT2D eigenvalue weighted by molar-refractivity contribution is 6.13. The summed E-state index contributed by atoms with van der Waals surface area (Å²) in [5.74, 6) is -10.4. The summed E-state index contributed by atoms with van der Waals surface area (Å²) in [6.45, 7) is 7.19. The molecule has 0 aromatic rings. The lowest BCUT2D eigenvalue weighted by Crippen LogP contribution is -2.50. The van der Waals surface area contributed by atoms with Crippen LogP contribution in [0.1, 0.15) is 40.5 Å². The average Bonchev–Trinajstić information content (AvgIpc) is 3.17. The molecule has 5 rings (SSSR count). The van der Waals surface area contributed by atoms with Gasteiger partial charge in [0.1, 0.15) is 12.1 Å². The Morgan fingerprint density at radius 2 is 0.941 bits per heavy atom. The average molecular weight is 475 g/mol. The summed E-state index contributed by atoms with van der Waals surface area (Å²) in [5, 5.41) is 19.5. The molecule has 0 aromatic carbocycles. The molecule has 3 fully saturated rings. The molecule has 2 N–H and O–H groups in total. The summed E-state index contributed by atoms with van der Waals surface area (Å²) >= 11 is 0. The fourth-order valence-corrected chi connectivity index (χ4v) is 6.41. The minimum atomic E-state index is -1.31. The van der Waals surface area contributed by atoms with Crippen LogP contribution in [0.5, 0.6) is 0 Å². The molecule has 2 saturated heterocycles. The fourth-order valence-electron chi connectivity index (χ4n) is 6.41. The lowest BCUT2D eigenvalue weighted by molar-refractivity contribution is -0.156. The van der Waals surface area contributed by atoms with Gasteiger partial charge in [-0.15, -0.1) is 0 Å². The molecule has 0 radical (unpaired) electrons. The van der Waals surface area contributed by atoms with Gasteiger partial charge in [0, 0.05) is 11.8 Å². The van der Waals surface area contributed by atoms with Crippen molar-refractivity contribution in [3.63, 3.8) is 0 Å². The Bertz CT molecular complexity index is 879. The number of carboxylic acid groups (broad SMARTS) is 2. The van der Waals surface area contributed by atoms with Crippen LogP contribution in [-0.4, -0.2) is 67.7 Å². The number of hydrogen-bond acceptors (Lipinski definition) is 6. The molecule has 2 aliphatic heterocycles. The van der Waals surface area contributed by atoms with E-state index in [4.69, 9.17) is 0 Å². The zero-order valence-corrected chi connectivity index (χ0v) is 19.6. The van der Waals surface area contributed by atoms with Gasteiger partial charge in [-0.25, -0.2) is 9.59 Å². The van der Waals surface area contributed by atoms with Crippen molar-refractivity contribution in [2.45, 2.75) is 52.6 Å². The summed E-state index contributed by atoms with van der Waals surface area (Å²) in [7, 11) is 0. The van der Waals surface area contributed by atoms with Crippen molar-refractivity contribution in [1.82, 2.24) is 9.80 Å². The van der Waals surface area contributed by atoms with Crippen molar-refractivity contribution < 1.29 is 39.0 Å². The van der Waals surface area contributed by atoms with E-state index in [1.807, 2.05) is 0 Å². The lowest BCUT2D eigenvalue weighted by Gasteiger charge is -2.44. The topological polar surface area (TPSA) is 149 Å². The van der Waals surface area contributed by atoms with Gasteiger partial charge in [0.25, 0.3) is 0 Å². The number of allylic oxidation sites excluding steroid dienone is 2. The molecule has 2 bridgehead atoms. The number of amides is 4. The Morgan fingerprint density at radius 1 is 0.676 bits per heavy atom. The summed E-state index contributed by atoms with van der Waals surface area (Å²) in [6, 6.07) is -2.62. The quantitative estimate of drug-likeness (QED) is 0.391. The second kappa shape index (κ2) is 8.32. The summed E-state index contributed by atoms with van der Waals surface area (Å²) in [6.07, 6.45) is 3.55. The van der Waals surface area contributed by atoms with E-state index >= 15 is 0 Å². The van der Waals surface area contributed by atoms with Crippen LogP contribution in [0.3, 0.4) is 0 Å². The Labute approximate surface area is 196 Å². The predicted octanol–water partition coefficient (Wildman–Crippen LogP) is 1.00. The number of nitrogens with zero attached hydrogens (tertiary/aromatic N) is 2. The van der Waals surface area contributed by atoms with Gasteiger partial charge in [-0.3, -0.25) is 29.0 Å². The number of carbonyl (C=O) groups excluding carboxylic acids is 4. The maximum atomic E-state index is 13.4. The van der Waals surface area contributed by atoms with Gasteiger partial charge in [0.05, 0.1) is 23.7 Å². The first-order chi connectivity index (χ1) is 15.9. The molecule has 0 aromatic heterocycles. The zero-order valence-electron chi connectivity index (χ0n) is 19.6.